The van der Waals surface area contributed by atoms with Crippen molar-refractivity contribution in [3.8, 4) is 5.75 Å². The van der Waals surface area contributed by atoms with Crippen LogP contribution in [0.25, 0.3) is 10.1 Å². The average molecular weight is 341 g/mol. The highest BCUT2D eigenvalue weighted by Crippen LogP contribution is 2.29. The number of ether oxygens (including phenoxy) is 1. The Morgan fingerprint density at radius 3 is 2.67 bits per heavy atom. The molecule has 0 spiro atoms. The lowest BCUT2D eigenvalue weighted by Crippen LogP contribution is -2.38. The van der Waals surface area contributed by atoms with Gasteiger partial charge in [-0.15, -0.1) is 11.3 Å². The van der Waals surface area contributed by atoms with Crippen LogP contribution in [-0.2, 0) is 4.79 Å². The molecule has 24 heavy (non-hydrogen) atoms. The van der Waals surface area contributed by atoms with E-state index in [-0.39, 0.29) is 12.5 Å². The molecule has 0 saturated carbocycles. The Labute approximate surface area is 144 Å². The van der Waals surface area contributed by atoms with Crippen molar-refractivity contribution in [1.29, 1.82) is 0 Å². The minimum atomic E-state index is -0.742. The van der Waals surface area contributed by atoms with Crippen LogP contribution in [0.3, 0.4) is 0 Å². The highest BCUT2D eigenvalue weighted by molar-refractivity contribution is 7.17. The Bertz CT molecular complexity index is 816. The molecule has 1 heterocycles. The van der Waals surface area contributed by atoms with Crippen molar-refractivity contribution < 1.29 is 14.6 Å². The third kappa shape index (κ3) is 3.75. The van der Waals surface area contributed by atoms with E-state index in [0.717, 1.165) is 15.6 Å². The highest BCUT2D eigenvalue weighted by Gasteiger charge is 2.18. The molecule has 3 aromatic rings. The molecule has 0 aliphatic rings. The number of carbonyl (C=O) groups is 1. The number of aliphatic hydroxyl groups excluding tert-OH is 1. The van der Waals surface area contributed by atoms with Gasteiger partial charge < -0.3 is 15.2 Å². The first-order valence-corrected chi connectivity index (χ1v) is 8.66. The summed E-state index contributed by atoms with van der Waals surface area (Å²) < 4.78 is 6.70. The molecule has 2 N–H and O–H groups in total. The molecule has 0 unspecified atom stereocenters. The third-order valence-electron chi connectivity index (χ3n) is 3.76. The van der Waals surface area contributed by atoms with Gasteiger partial charge in [0.15, 0.2) is 6.10 Å². The molecule has 0 radical (unpaired) electrons. The lowest BCUT2D eigenvalue weighted by Gasteiger charge is -2.16. The maximum Gasteiger partial charge on any atom is 0.260 e. The van der Waals surface area contributed by atoms with Gasteiger partial charge >= 0.3 is 0 Å². The quantitative estimate of drug-likeness (QED) is 0.721. The van der Waals surface area contributed by atoms with Crippen LogP contribution in [0.5, 0.6) is 5.75 Å². The van der Waals surface area contributed by atoms with E-state index < -0.39 is 12.2 Å². The first kappa shape index (κ1) is 16.5. The zero-order valence-corrected chi connectivity index (χ0v) is 14.1. The third-order valence-corrected chi connectivity index (χ3v) is 4.75. The molecule has 5 heteroatoms. The monoisotopic (exact) mass is 341 g/mol. The molecular formula is C19H19NO3S. The van der Waals surface area contributed by atoms with Crippen LogP contribution < -0.4 is 10.1 Å². The van der Waals surface area contributed by atoms with Crippen LogP contribution in [0.4, 0.5) is 0 Å². The molecule has 1 aromatic heterocycles. The van der Waals surface area contributed by atoms with E-state index in [4.69, 9.17) is 4.74 Å². The summed E-state index contributed by atoms with van der Waals surface area (Å²) in [7, 11) is 0. The van der Waals surface area contributed by atoms with Gasteiger partial charge in [-0.25, -0.2) is 0 Å². The lowest BCUT2D eigenvalue weighted by atomic mass is 10.1. The Kier molecular flexibility index (Phi) is 5.13. The van der Waals surface area contributed by atoms with E-state index in [9.17, 15) is 9.90 Å². The fourth-order valence-electron chi connectivity index (χ4n) is 2.46. The Hall–Kier alpha value is -2.37. The fourth-order valence-corrected chi connectivity index (χ4v) is 3.47. The summed E-state index contributed by atoms with van der Waals surface area (Å²) in [4.78, 5) is 12.1. The van der Waals surface area contributed by atoms with Crippen molar-refractivity contribution in [1.82, 2.24) is 5.32 Å². The van der Waals surface area contributed by atoms with Crippen molar-refractivity contribution >= 4 is 27.3 Å². The summed E-state index contributed by atoms with van der Waals surface area (Å²) in [6.45, 7) is 1.84. The average Bonchev–Trinajstić information content (AvgIpc) is 3.04. The number of hydrogen-bond donors (Lipinski definition) is 2. The number of thiophene rings is 1. The largest absolute Gasteiger partial charge is 0.481 e. The lowest BCUT2D eigenvalue weighted by molar-refractivity contribution is -0.127. The molecule has 2 aromatic carbocycles. The number of carbonyl (C=O) groups excluding carboxylic acids is 1. The number of fused-ring (bicyclic) bond motifs is 1. The minimum Gasteiger partial charge on any atom is -0.481 e. The van der Waals surface area contributed by atoms with Gasteiger partial charge in [0.05, 0.1) is 6.10 Å². The van der Waals surface area contributed by atoms with Crippen molar-refractivity contribution in [3.05, 3.63) is 65.5 Å². The number of aliphatic hydroxyl groups is 1. The van der Waals surface area contributed by atoms with Gasteiger partial charge in [0.1, 0.15) is 5.75 Å². The van der Waals surface area contributed by atoms with E-state index in [2.05, 4.69) is 5.32 Å². The van der Waals surface area contributed by atoms with Crippen LogP contribution in [-0.4, -0.2) is 23.7 Å². The van der Waals surface area contributed by atoms with Crippen molar-refractivity contribution in [2.45, 2.75) is 19.1 Å². The van der Waals surface area contributed by atoms with E-state index in [0.29, 0.717) is 5.75 Å². The second-order valence-electron chi connectivity index (χ2n) is 5.52. The normalized spacial score (nSPS) is 13.4. The predicted octanol–water partition coefficient (Wildman–Crippen LogP) is 3.52. The summed E-state index contributed by atoms with van der Waals surface area (Å²) in [5.74, 6) is 0.391. The minimum absolute atomic E-state index is 0.155. The molecule has 124 valence electrons. The van der Waals surface area contributed by atoms with Crippen LogP contribution in [0.2, 0.25) is 0 Å². The molecule has 0 saturated heterocycles. The van der Waals surface area contributed by atoms with Gasteiger partial charge in [0.25, 0.3) is 5.91 Å². The predicted molar refractivity (Wildman–Crippen MR) is 96.3 cm³/mol. The number of amides is 1. The van der Waals surface area contributed by atoms with Gasteiger partial charge in [0.2, 0.25) is 0 Å². The number of nitrogens with one attached hydrogen (secondary N) is 1. The molecule has 0 bridgehead atoms. The maximum atomic E-state index is 12.1. The number of hydrogen-bond acceptors (Lipinski definition) is 4. The van der Waals surface area contributed by atoms with Crippen LogP contribution in [0.15, 0.2) is 60.0 Å². The smallest absolute Gasteiger partial charge is 0.260 e. The second-order valence-corrected chi connectivity index (χ2v) is 6.43. The standard InChI is InChI=1S/C19H19NO3S/c1-13(23-14-7-3-2-4-8-14)19(22)20-11-17(21)16-12-24-18-10-6-5-9-15(16)18/h2-10,12-13,17,21H,11H2,1H3,(H,20,22)/t13-,17-/m0/s1. The Morgan fingerprint density at radius 1 is 1.17 bits per heavy atom. The van der Waals surface area contributed by atoms with Gasteiger partial charge in [-0.1, -0.05) is 36.4 Å². The summed E-state index contributed by atoms with van der Waals surface area (Å²) in [6, 6.07) is 17.1. The molecule has 0 aliphatic heterocycles. The Morgan fingerprint density at radius 2 is 1.88 bits per heavy atom. The first-order valence-electron chi connectivity index (χ1n) is 7.79. The van der Waals surface area contributed by atoms with Crippen LogP contribution >= 0.6 is 11.3 Å². The van der Waals surface area contributed by atoms with Crippen molar-refractivity contribution in [3.63, 3.8) is 0 Å². The zero-order chi connectivity index (χ0) is 16.9. The summed E-state index contributed by atoms with van der Waals surface area (Å²) in [5.41, 5.74) is 0.840. The number of para-hydroxylation sites is 1. The highest BCUT2D eigenvalue weighted by atomic mass is 32.1. The SMILES string of the molecule is C[C@H](Oc1ccccc1)C(=O)NC[C@H](O)c1csc2ccccc12. The topological polar surface area (TPSA) is 58.6 Å². The second kappa shape index (κ2) is 7.47. The maximum absolute atomic E-state index is 12.1. The van der Waals surface area contributed by atoms with E-state index in [1.807, 2.05) is 47.8 Å². The molecule has 0 fully saturated rings. The molecular weight excluding hydrogens is 322 g/mol. The summed E-state index contributed by atoms with van der Waals surface area (Å²) >= 11 is 1.59. The van der Waals surface area contributed by atoms with Gasteiger partial charge in [-0.2, -0.15) is 0 Å². The van der Waals surface area contributed by atoms with E-state index >= 15 is 0 Å². The number of rotatable bonds is 6. The molecule has 4 nitrogen and oxygen atoms in total. The fraction of sp³-hybridized carbons (Fsp3) is 0.211. The summed E-state index contributed by atoms with van der Waals surface area (Å²) in [5, 5.41) is 16.1. The summed E-state index contributed by atoms with van der Waals surface area (Å²) in [6.07, 6.45) is -1.37. The van der Waals surface area contributed by atoms with Crippen molar-refractivity contribution in [2.24, 2.45) is 0 Å². The van der Waals surface area contributed by atoms with Gasteiger partial charge in [-0.05, 0) is 35.9 Å². The van der Waals surface area contributed by atoms with E-state index in [1.165, 1.54) is 0 Å². The van der Waals surface area contributed by atoms with Gasteiger partial charge in [0, 0.05) is 16.8 Å². The first-order chi connectivity index (χ1) is 11.6. The Balaban J connectivity index is 1.57. The van der Waals surface area contributed by atoms with Crippen LogP contribution in [0.1, 0.15) is 18.6 Å². The number of benzene rings is 2. The molecule has 2 atom stereocenters. The van der Waals surface area contributed by atoms with Crippen LogP contribution in [0, 0.1) is 0 Å². The zero-order valence-electron chi connectivity index (χ0n) is 13.3. The van der Waals surface area contributed by atoms with Gasteiger partial charge in [-0.3, -0.25) is 4.79 Å². The molecule has 1 amide bonds. The van der Waals surface area contributed by atoms with Crippen molar-refractivity contribution in [2.75, 3.05) is 6.54 Å². The molecule has 3 rings (SSSR count). The molecule has 0 aliphatic carbocycles. The van der Waals surface area contributed by atoms with E-state index in [1.54, 1.807) is 30.4 Å².